The summed E-state index contributed by atoms with van der Waals surface area (Å²) in [5, 5.41) is 4.26. The van der Waals surface area contributed by atoms with E-state index in [0.717, 1.165) is 22.2 Å². The number of benzene rings is 4. The predicted molar refractivity (Wildman–Crippen MR) is 164 cm³/mol. The van der Waals surface area contributed by atoms with Crippen LogP contribution in [0.1, 0.15) is 10.4 Å². The topological polar surface area (TPSA) is 122 Å². The maximum absolute atomic E-state index is 13.2. The molecule has 4 aromatic carbocycles. The van der Waals surface area contributed by atoms with Crippen LogP contribution in [0, 0.1) is 0 Å². The fourth-order valence-electron chi connectivity index (χ4n) is 4.25. The highest BCUT2D eigenvalue weighted by Gasteiger charge is 2.36. The summed E-state index contributed by atoms with van der Waals surface area (Å²) in [5.41, 5.74) is 2.33. The van der Waals surface area contributed by atoms with Crippen molar-refractivity contribution in [3.8, 4) is 11.4 Å². The van der Waals surface area contributed by atoms with Crippen LogP contribution in [0.4, 0.5) is 11.5 Å². The first-order valence-electron chi connectivity index (χ1n) is 12.6. The lowest BCUT2D eigenvalue weighted by atomic mass is 10.2. The van der Waals surface area contributed by atoms with Gasteiger partial charge in [0.1, 0.15) is 5.82 Å². The highest BCUT2D eigenvalue weighted by Crippen LogP contribution is 2.30. The van der Waals surface area contributed by atoms with E-state index in [1.165, 1.54) is 12.1 Å². The Labute approximate surface area is 250 Å². The number of nitrogens with zero attached hydrogens (tertiary/aromatic N) is 4. The van der Waals surface area contributed by atoms with Crippen molar-refractivity contribution in [3.63, 3.8) is 0 Å². The number of amidine groups is 1. The standard InChI is InChI=1S/C30H20ClN5O4S2/c31-21-11-16-25-24(17-21)28(34-27(33-25)19-7-3-1-4-8-19)32-22-12-14-23(15-13-22)42(39,40)35-30-36(26(37)18-41-30)29(38)20-9-5-2-6-10-20/h1-17H,18H2,(H,32,33,34)/b35-30-. The molecular weight excluding hydrogens is 594 g/mol. The van der Waals surface area contributed by atoms with Crippen LogP contribution in [0.2, 0.25) is 5.02 Å². The van der Waals surface area contributed by atoms with Gasteiger partial charge >= 0.3 is 0 Å². The average Bonchev–Trinajstić information content (AvgIpc) is 3.36. The summed E-state index contributed by atoms with van der Waals surface area (Å²) in [4.78, 5) is 35.5. The molecule has 2 heterocycles. The number of fused-ring (bicyclic) bond motifs is 1. The molecule has 0 unspecified atom stereocenters. The number of hydrogen-bond donors (Lipinski definition) is 1. The van der Waals surface area contributed by atoms with E-state index in [1.54, 1.807) is 54.6 Å². The van der Waals surface area contributed by atoms with E-state index >= 15 is 0 Å². The van der Waals surface area contributed by atoms with Gasteiger partial charge in [-0.3, -0.25) is 9.59 Å². The number of carbonyl (C=O) groups excluding carboxylic acids is 2. The number of anilines is 2. The number of aromatic nitrogens is 2. The Morgan fingerprint density at radius 2 is 1.60 bits per heavy atom. The zero-order valence-electron chi connectivity index (χ0n) is 21.6. The van der Waals surface area contributed by atoms with Gasteiger partial charge in [0.15, 0.2) is 11.0 Å². The molecule has 12 heteroatoms. The fourth-order valence-corrected chi connectivity index (χ4v) is 6.50. The van der Waals surface area contributed by atoms with Crippen molar-refractivity contribution >= 4 is 72.8 Å². The van der Waals surface area contributed by atoms with Gasteiger partial charge < -0.3 is 5.32 Å². The number of thioether (sulfide) groups is 1. The van der Waals surface area contributed by atoms with Crippen LogP contribution >= 0.6 is 23.4 Å². The quantitative estimate of drug-likeness (QED) is 0.226. The van der Waals surface area contributed by atoms with Gasteiger partial charge in [0.05, 0.1) is 16.2 Å². The molecule has 5 aromatic rings. The summed E-state index contributed by atoms with van der Waals surface area (Å²) >= 11 is 7.15. The minimum atomic E-state index is -4.24. The van der Waals surface area contributed by atoms with Crippen molar-refractivity contribution in [3.05, 3.63) is 114 Å². The van der Waals surface area contributed by atoms with Gasteiger partial charge in [-0.25, -0.2) is 14.9 Å². The number of hydrogen-bond acceptors (Lipinski definition) is 8. The smallest absolute Gasteiger partial charge is 0.284 e. The van der Waals surface area contributed by atoms with E-state index in [0.29, 0.717) is 33.3 Å². The average molecular weight is 614 g/mol. The number of nitrogens with one attached hydrogen (secondary N) is 1. The van der Waals surface area contributed by atoms with Gasteiger partial charge in [0.25, 0.3) is 15.9 Å². The van der Waals surface area contributed by atoms with Crippen molar-refractivity contribution in [2.45, 2.75) is 4.90 Å². The molecule has 0 bridgehead atoms. The molecule has 6 rings (SSSR count). The number of sulfonamides is 1. The minimum absolute atomic E-state index is 0.0857. The molecule has 1 aliphatic heterocycles. The zero-order valence-corrected chi connectivity index (χ0v) is 24.0. The van der Waals surface area contributed by atoms with Crippen molar-refractivity contribution in [2.75, 3.05) is 11.1 Å². The zero-order chi connectivity index (χ0) is 29.3. The molecule has 1 N–H and O–H groups in total. The lowest BCUT2D eigenvalue weighted by Crippen LogP contribution is -2.36. The Morgan fingerprint density at radius 1 is 0.905 bits per heavy atom. The Hall–Kier alpha value is -4.58. The summed E-state index contributed by atoms with van der Waals surface area (Å²) in [6.07, 6.45) is 0. The number of rotatable bonds is 6. The second kappa shape index (κ2) is 11.4. The number of imide groups is 1. The van der Waals surface area contributed by atoms with E-state index in [9.17, 15) is 18.0 Å². The van der Waals surface area contributed by atoms with Crippen LogP contribution in [0.3, 0.4) is 0 Å². The van der Waals surface area contributed by atoms with Crippen molar-refractivity contribution in [2.24, 2.45) is 4.40 Å². The van der Waals surface area contributed by atoms with Crippen LogP contribution in [-0.2, 0) is 14.8 Å². The molecule has 9 nitrogen and oxygen atoms in total. The second-order valence-electron chi connectivity index (χ2n) is 9.11. The van der Waals surface area contributed by atoms with E-state index in [4.69, 9.17) is 16.6 Å². The Morgan fingerprint density at radius 3 is 2.31 bits per heavy atom. The van der Waals surface area contributed by atoms with Gasteiger partial charge in [-0.1, -0.05) is 71.9 Å². The molecule has 1 saturated heterocycles. The summed E-state index contributed by atoms with van der Waals surface area (Å²) in [5.74, 6) is -0.243. The normalized spacial score (nSPS) is 14.5. The number of amides is 2. The van der Waals surface area contributed by atoms with Crippen molar-refractivity contribution in [1.82, 2.24) is 14.9 Å². The summed E-state index contributed by atoms with van der Waals surface area (Å²) in [7, 11) is -4.24. The molecule has 1 aliphatic rings. The molecule has 0 saturated carbocycles. The van der Waals surface area contributed by atoms with Gasteiger partial charge in [0, 0.05) is 27.2 Å². The van der Waals surface area contributed by atoms with Crippen LogP contribution in [0.5, 0.6) is 0 Å². The Kier molecular flexibility index (Phi) is 7.46. The largest absolute Gasteiger partial charge is 0.340 e. The molecule has 1 aromatic heterocycles. The lowest BCUT2D eigenvalue weighted by molar-refractivity contribution is -0.122. The molecule has 0 radical (unpaired) electrons. The van der Waals surface area contributed by atoms with E-state index in [2.05, 4.69) is 14.7 Å². The number of carbonyl (C=O) groups is 2. The highest BCUT2D eigenvalue weighted by molar-refractivity contribution is 8.15. The summed E-state index contributed by atoms with van der Waals surface area (Å²) < 4.78 is 30.2. The van der Waals surface area contributed by atoms with Crippen LogP contribution in [0.15, 0.2) is 112 Å². The molecule has 2 amide bonds. The van der Waals surface area contributed by atoms with Gasteiger partial charge in [-0.05, 0) is 54.6 Å². The molecular formula is C30H20ClN5O4S2. The van der Waals surface area contributed by atoms with Gasteiger partial charge in [-0.15, -0.1) is 4.40 Å². The first-order valence-corrected chi connectivity index (χ1v) is 15.4. The molecule has 208 valence electrons. The molecule has 42 heavy (non-hydrogen) atoms. The Balaban J connectivity index is 1.29. The van der Waals surface area contributed by atoms with Crippen LogP contribution in [0.25, 0.3) is 22.3 Å². The molecule has 0 aliphatic carbocycles. The maximum Gasteiger partial charge on any atom is 0.284 e. The molecule has 0 spiro atoms. The minimum Gasteiger partial charge on any atom is -0.340 e. The fraction of sp³-hybridized carbons (Fsp3) is 0.0333. The maximum atomic E-state index is 13.2. The third-order valence-corrected chi connectivity index (χ3v) is 8.85. The SMILES string of the molecule is O=C1CS/C(=N\S(=O)(=O)c2ccc(Nc3nc(-c4ccccc4)nc4ccc(Cl)cc34)cc2)N1C(=O)c1ccccc1. The first kappa shape index (κ1) is 27.6. The van der Waals surface area contributed by atoms with E-state index in [1.807, 2.05) is 36.4 Å². The highest BCUT2D eigenvalue weighted by atomic mass is 35.5. The third kappa shape index (κ3) is 5.62. The molecule has 1 fully saturated rings. The Bertz CT molecular complexity index is 1970. The van der Waals surface area contributed by atoms with Crippen molar-refractivity contribution < 1.29 is 18.0 Å². The first-order chi connectivity index (χ1) is 20.3. The molecule has 0 atom stereocenters. The van der Waals surface area contributed by atoms with E-state index < -0.39 is 21.8 Å². The van der Waals surface area contributed by atoms with Crippen LogP contribution < -0.4 is 5.32 Å². The van der Waals surface area contributed by atoms with E-state index in [-0.39, 0.29) is 21.4 Å². The predicted octanol–water partition coefficient (Wildman–Crippen LogP) is 6.15. The van der Waals surface area contributed by atoms with Crippen LogP contribution in [-0.4, -0.2) is 46.0 Å². The number of halogens is 1. The summed E-state index contributed by atoms with van der Waals surface area (Å²) in [6.45, 7) is 0. The summed E-state index contributed by atoms with van der Waals surface area (Å²) in [6, 6.07) is 28.9. The monoisotopic (exact) mass is 613 g/mol. The van der Waals surface area contributed by atoms with Crippen molar-refractivity contribution in [1.29, 1.82) is 0 Å². The third-order valence-electron chi connectivity index (χ3n) is 6.29. The second-order valence-corrected chi connectivity index (χ2v) is 12.1. The lowest BCUT2D eigenvalue weighted by Gasteiger charge is -2.14. The van der Waals surface area contributed by atoms with Gasteiger partial charge in [0.2, 0.25) is 5.91 Å². The van der Waals surface area contributed by atoms with Gasteiger partial charge in [-0.2, -0.15) is 8.42 Å².